The highest BCUT2D eigenvalue weighted by atomic mass is 32.1. The van der Waals surface area contributed by atoms with E-state index in [1.165, 1.54) is 28.9 Å². The van der Waals surface area contributed by atoms with Gasteiger partial charge in [0, 0.05) is 22.8 Å². The van der Waals surface area contributed by atoms with Gasteiger partial charge in [-0.1, -0.05) is 19.9 Å². The number of aliphatic hydroxyl groups is 1. The van der Waals surface area contributed by atoms with Crippen LogP contribution in [0, 0.1) is 6.92 Å². The number of carbonyl (C=O) groups excluding carboxylic acids is 1. The van der Waals surface area contributed by atoms with Crippen molar-refractivity contribution >= 4 is 22.4 Å². The van der Waals surface area contributed by atoms with Crippen LogP contribution in [0.3, 0.4) is 0 Å². The second-order valence-corrected chi connectivity index (χ2v) is 7.10. The number of nitrogens with zero attached hydrogens (tertiary/aromatic N) is 2. The van der Waals surface area contributed by atoms with Gasteiger partial charge < -0.3 is 9.67 Å². The van der Waals surface area contributed by atoms with E-state index >= 15 is 0 Å². The Balaban J connectivity index is 2.15. The van der Waals surface area contributed by atoms with Crippen molar-refractivity contribution in [3.05, 3.63) is 45.3 Å². The number of pyridine rings is 1. The molecule has 6 nitrogen and oxygen atoms in total. The number of aromatic nitrogens is 2. The van der Waals surface area contributed by atoms with Crippen LogP contribution in [0.4, 0.5) is 5.13 Å². The Labute approximate surface area is 138 Å². The lowest BCUT2D eigenvalue weighted by Gasteiger charge is -2.23. The van der Waals surface area contributed by atoms with Crippen LogP contribution in [-0.2, 0) is 11.3 Å². The molecule has 0 aromatic carbocycles. The number of carbonyl (C=O) groups is 1. The van der Waals surface area contributed by atoms with Crippen LogP contribution in [0.25, 0.3) is 0 Å². The van der Waals surface area contributed by atoms with Gasteiger partial charge in [0.1, 0.15) is 0 Å². The molecule has 2 heterocycles. The van der Waals surface area contributed by atoms with Crippen LogP contribution >= 0.6 is 11.3 Å². The number of anilines is 1. The van der Waals surface area contributed by atoms with Crippen LogP contribution in [0.5, 0.6) is 0 Å². The first kappa shape index (κ1) is 17.4. The Kier molecular flexibility index (Phi) is 5.01. The third-order valence-electron chi connectivity index (χ3n) is 3.54. The van der Waals surface area contributed by atoms with E-state index in [2.05, 4.69) is 10.3 Å². The minimum atomic E-state index is -1.72. The topological polar surface area (TPSA) is 84.2 Å². The molecule has 2 N–H and O–H groups in total. The van der Waals surface area contributed by atoms with Crippen LogP contribution in [0.15, 0.2) is 29.2 Å². The summed E-state index contributed by atoms with van der Waals surface area (Å²) in [5.41, 5.74) is -1.30. The molecule has 124 valence electrons. The summed E-state index contributed by atoms with van der Waals surface area (Å²) in [6.07, 6.45) is 1.71. The van der Waals surface area contributed by atoms with Crippen LogP contribution < -0.4 is 10.9 Å². The lowest BCUT2D eigenvalue weighted by atomic mass is 10.1. The summed E-state index contributed by atoms with van der Waals surface area (Å²) in [7, 11) is 0. The quantitative estimate of drug-likeness (QED) is 0.877. The van der Waals surface area contributed by atoms with Crippen molar-refractivity contribution in [3.8, 4) is 0 Å². The summed E-state index contributed by atoms with van der Waals surface area (Å²) in [6.45, 7) is 7.11. The zero-order chi connectivity index (χ0) is 17.2. The van der Waals surface area contributed by atoms with E-state index in [1.807, 2.05) is 13.8 Å². The Morgan fingerprint density at radius 1 is 1.48 bits per heavy atom. The molecular weight excluding hydrogens is 314 g/mol. The average molecular weight is 335 g/mol. The second kappa shape index (κ2) is 6.64. The van der Waals surface area contributed by atoms with E-state index in [4.69, 9.17) is 0 Å². The molecule has 2 rings (SSSR count). The highest BCUT2D eigenvalue weighted by Crippen LogP contribution is 2.25. The normalized spacial score (nSPS) is 13.8. The van der Waals surface area contributed by atoms with Crippen LogP contribution in [0.1, 0.15) is 37.3 Å². The predicted octanol–water partition coefficient (Wildman–Crippen LogP) is 2.13. The van der Waals surface area contributed by atoms with E-state index in [-0.39, 0.29) is 12.1 Å². The molecule has 0 saturated heterocycles. The van der Waals surface area contributed by atoms with E-state index in [0.717, 1.165) is 4.88 Å². The fourth-order valence-corrected chi connectivity index (χ4v) is 2.86. The number of rotatable bonds is 5. The van der Waals surface area contributed by atoms with Gasteiger partial charge in [0.2, 0.25) is 0 Å². The average Bonchev–Trinajstić information content (AvgIpc) is 2.92. The number of hydrogen-bond donors (Lipinski definition) is 2. The molecule has 1 amide bonds. The maximum Gasteiger partial charge on any atom is 0.259 e. The van der Waals surface area contributed by atoms with Gasteiger partial charge in [-0.3, -0.25) is 14.9 Å². The lowest BCUT2D eigenvalue weighted by molar-refractivity contribution is -0.133. The Bertz CT molecular complexity index is 762. The number of thiazole rings is 1. The van der Waals surface area contributed by atoms with Crippen molar-refractivity contribution in [1.29, 1.82) is 0 Å². The van der Waals surface area contributed by atoms with Crippen LogP contribution in [0.2, 0.25) is 0 Å². The molecule has 0 fully saturated rings. The summed E-state index contributed by atoms with van der Waals surface area (Å²) in [6, 6.07) is 4.80. The molecule has 0 aliphatic heterocycles. The summed E-state index contributed by atoms with van der Waals surface area (Å²) in [4.78, 5) is 29.4. The minimum Gasteiger partial charge on any atom is -0.378 e. The van der Waals surface area contributed by atoms with Gasteiger partial charge in [-0.15, -0.1) is 11.3 Å². The van der Waals surface area contributed by atoms with E-state index in [1.54, 1.807) is 25.3 Å². The molecule has 2 aromatic rings. The number of nitrogens with one attached hydrogen (secondary N) is 1. The molecule has 0 aliphatic carbocycles. The maximum atomic E-state index is 12.3. The molecule has 0 unspecified atom stereocenters. The zero-order valence-corrected chi connectivity index (χ0v) is 14.5. The first-order chi connectivity index (χ1) is 10.7. The molecular formula is C16H21N3O3S. The molecule has 0 spiro atoms. The fraction of sp³-hybridized carbons (Fsp3) is 0.438. The largest absolute Gasteiger partial charge is 0.378 e. The number of aryl methyl sites for hydroxylation is 1. The molecule has 0 bridgehead atoms. The first-order valence-electron chi connectivity index (χ1n) is 7.36. The predicted molar refractivity (Wildman–Crippen MR) is 90.9 cm³/mol. The third-order valence-corrected chi connectivity index (χ3v) is 4.75. The van der Waals surface area contributed by atoms with E-state index in [9.17, 15) is 14.7 Å². The summed E-state index contributed by atoms with van der Waals surface area (Å²) in [5.74, 6) is -0.262. The van der Waals surface area contributed by atoms with Crippen molar-refractivity contribution in [3.63, 3.8) is 0 Å². The van der Waals surface area contributed by atoms with Crippen molar-refractivity contribution in [2.75, 3.05) is 5.32 Å². The molecule has 23 heavy (non-hydrogen) atoms. The van der Waals surface area contributed by atoms with Crippen molar-refractivity contribution < 1.29 is 9.90 Å². The minimum absolute atomic E-state index is 0.118. The van der Waals surface area contributed by atoms with Gasteiger partial charge in [0.25, 0.3) is 11.5 Å². The summed E-state index contributed by atoms with van der Waals surface area (Å²) >= 11 is 1.38. The van der Waals surface area contributed by atoms with Gasteiger partial charge in [0.15, 0.2) is 10.7 Å². The molecule has 2 aromatic heterocycles. The number of hydrogen-bond acceptors (Lipinski definition) is 5. The van der Waals surface area contributed by atoms with E-state index in [0.29, 0.717) is 16.7 Å². The molecule has 7 heteroatoms. The SMILES string of the molecule is Cc1cccc(=O)n1C[C@](C)(O)C(=O)Nc1ncc(C(C)C)s1. The van der Waals surface area contributed by atoms with Gasteiger partial charge in [0.05, 0.1) is 6.54 Å². The standard InChI is InChI=1S/C16H21N3O3S/c1-10(2)12-8-17-15(23-12)18-14(21)16(4,22)9-19-11(3)6-5-7-13(19)20/h5-8,10,22H,9H2,1-4H3,(H,17,18,21)/t16-/m0/s1. The van der Waals surface area contributed by atoms with Gasteiger partial charge >= 0.3 is 0 Å². The highest BCUT2D eigenvalue weighted by molar-refractivity contribution is 7.15. The molecule has 0 aliphatic rings. The third kappa shape index (κ3) is 4.05. The monoisotopic (exact) mass is 335 g/mol. The summed E-state index contributed by atoms with van der Waals surface area (Å²) in [5, 5.41) is 13.5. The molecule has 0 radical (unpaired) electrons. The molecule has 0 saturated carbocycles. The lowest BCUT2D eigenvalue weighted by Crippen LogP contribution is -2.46. The Hall–Kier alpha value is -1.99. The van der Waals surface area contributed by atoms with Crippen molar-refractivity contribution in [2.45, 2.75) is 45.8 Å². The smallest absolute Gasteiger partial charge is 0.259 e. The second-order valence-electron chi connectivity index (χ2n) is 6.04. The van der Waals surface area contributed by atoms with E-state index < -0.39 is 11.5 Å². The first-order valence-corrected chi connectivity index (χ1v) is 8.18. The maximum absolute atomic E-state index is 12.3. The van der Waals surface area contributed by atoms with Gasteiger partial charge in [-0.2, -0.15) is 0 Å². The Morgan fingerprint density at radius 3 is 2.74 bits per heavy atom. The van der Waals surface area contributed by atoms with Crippen molar-refractivity contribution in [1.82, 2.24) is 9.55 Å². The fourth-order valence-electron chi connectivity index (χ4n) is 2.05. The Morgan fingerprint density at radius 2 is 2.17 bits per heavy atom. The number of amides is 1. The summed E-state index contributed by atoms with van der Waals surface area (Å²) < 4.78 is 1.38. The zero-order valence-electron chi connectivity index (χ0n) is 13.7. The van der Waals surface area contributed by atoms with Gasteiger partial charge in [-0.25, -0.2) is 4.98 Å². The highest BCUT2D eigenvalue weighted by Gasteiger charge is 2.32. The molecule has 1 atom stereocenters. The van der Waals surface area contributed by atoms with Crippen molar-refractivity contribution in [2.24, 2.45) is 0 Å². The van der Waals surface area contributed by atoms with Gasteiger partial charge in [-0.05, 0) is 25.8 Å². The van der Waals surface area contributed by atoms with Crippen LogP contribution in [-0.4, -0.2) is 26.2 Å².